The molecule has 0 spiro atoms. The van der Waals surface area contributed by atoms with Crippen LogP contribution in [0.3, 0.4) is 0 Å². The molecule has 0 aliphatic heterocycles. The van der Waals surface area contributed by atoms with E-state index in [1.165, 1.54) is 0 Å². The van der Waals surface area contributed by atoms with Crippen LogP contribution < -0.4 is 16.2 Å². The molecule has 0 unspecified atom stereocenters. The average Bonchev–Trinajstić information content (AvgIpc) is 2.54. The van der Waals surface area contributed by atoms with Crippen molar-refractivity contribution in [2.45, 2.75) is 13.8 Å². The lowest BCUT2D eigenvalue weighted by Gasteiger charge is -2.12. The van der Waals surface area contributed by atoms with Crippen molar-refractivity contribution in [3.63, 3.8) is 0 Å². The van der Waals surface area contributed by atoms with E-state index in [2.05, 4.69) is 15.6 Å². The lowest BCUT2D eigenvalue weighted by Crippen LogP contribution is -2.25. The molecule has 5 nitrogen and oxygen atoms in total. The molecule has 1 heterocycles. The molecule has 116 valence electrons. The van der Waals surface area contributed by atoms with Gasteiger partial charge in [-0.15, -0.1) is 0 Å². The average molecular weight is 307 g/mol. The molecular weight excluding hydrogens is 290 g/mol. The Morgan fingerprint density at radius 2 is 1.65 bits per heavy atom. The first kappa shape index (κ1) is 14.8. The van der Waals surface area contributed by atoms with Gasteiger partial charge in [0.05, 0.1) is 0 Å². The lowest BCUT2D eigenvalue weighted by molar-refractivity contribution is 0.262. The van der Waals surface area contributed by atoms with E-state index in [0.717, 1.165) is 22.0 Å². The number of H-pyrrole nitrogens is 1. The number of anilines is 2. The van der Waals surface area contributed by atoms with E-state index in [9.17, 15) is 9.59 Å². The zero-order chi connectivity index (χ0) is 16.4. The first-order valence-corrected chi connectivity index (χ1v) is 7.31. The van der Waals surface area contributed by atoms with Crippen LogP contribution in [0.2, 0.25) is 0 Å². The van der Waals surface area contributed by atoms with Gasteiger partial charge in [0.15, 0.2) is 0 Å². The molecule has 1 aromatic heterocycles. The Morgan fingerprint density at radius 1 is 0.957 bits per heavy atom. The Morgan fingerprint density at radius 3 is 2.43 bits per heavy atom. The van der Waals surface area contributed by atoms with Gasteiger partial charge in [-0.05, 0) is 37.1 Å². The SMILES string of the molecule is Cc1ccccc1NC(=O)Nc1c(C)c2ccccc2[nH]c1=O. The monoisotopic (exact) mass is 307 g/mol. The van der Waals surface area contributed by atoms with Gasteiger partial charge in [-0.1, -0.05) is 36.4 Å². The number of benzene rings is 2. The van der Waals surface area contributed by atoms with Gasteiger partial charge >= 0.3 is 6.03 Å². The number of fused-ring (bicyclic) bond motifs is 1. The number of aromatic nitrogens is 1. The number of carbonyl (C=O) groups excluding carboxylic acids is 1. The molecule has 0 aliphatic carbocycles. The maximum absolute atomic E-state index is 12.2. The zero-order valence-corrected chi connectivity index (χ0v) is 12.9. The summed E-state index contributed by atoms with van der Waals surface area (Å²) in [5.41, 5.74) is 3.09. The molecule has 3 N–H and O–H groups in total. The number of amides is 2. The van der Waals surface area contributed by atoms with Crippen molar-refractivity contribution in [1.29, 1.82) is 0 Å². The van der Waals surface area contributed by atoms with Gasteiger partial charge in [0.1, 0.15) is 5.69 Å². The van der Waals surface area contributed by atoms with Crippen LogP contribution in [-0.2, 0) is 0 Å². The largest absolute Gasteiger partial charge is 0.323 e. The maximum Gasteiger partial charge on any atom is 0.323 e. The molecule has 2 aromatic carbocycles. The van der Waals surface area contributed by atoms with Crippen LogP contribution in [0.25, 0.3) is 10.9 Å². The molecule has 0 fully saturated rings. The van der Waals surface area contributed by atoms with Crippen LogP contribution in [0, 0.1) is 13.8 Å². The number of pyridine rings is 1. The molecular formula is C18H17N3O2. The maximum atomic E-state index is 12.2. The van der Waals surface area contributed by atoms with Crippen molar-refractivity contribution in [3.05, 3.63) is 70.0 Å². The van der Waals surface area contributed by atoms with Crippen LogP contribution >= 0.6 is 0 Å². The van der Waals surface area contributed by atoms with Crippen molar-refractivity contribution in [2.75, 3.05) is 10.6 Å². The number of urea groups is 1. The summed E-state index contributed by atoms with van der Waals surface area (Å²) in [6, 6.07) is 14.5. The number of hydrogen-bond donors (Lipinski definition) is 3. The molecule has 3 aromatic rings. The highest BCUT2D eigenvalue weighted by molar-refractivity contribution is 6.02. The molecule has 0 radical (unpaired) electrons. The molecule has 0 saturated carbocycles. The van der Waals surface area contributed by atoms with Gasteiger partial charge in [0, 0.05) is 16.6 Å². The minimum atomic E-state index is -0.441. The predicted octanol–water partition coefficient (Wildman–Crippen LogP) is 3.79. The summed E-state index contributed by atoms with van der Waals surface area (Å²) in [5, 5.41) is 6.31. The van der Waals surface area contributed by atoms with Crippen molar-refractivity contribution >= 4 is 28.3 Å². The Labute approximate surface area is 133 Å². The van der Waals surface area contributed by atoms with Gasteiger partial charge in [-0.2, -0.15) is 0 Å². The minimum absolute atomic E-state index is 0.259. The highest BCUT2D eigenvalue weighted by Crippen LogP contribution is 2.20. The Balaban J connectivity index is 1.91. The predicted molar refractivity (Wildman–Crippen MR) is 93.1 cm³/mol. The Hall–Kier alpha value is -3.08. The smallest absolute Gasteiger partial charge is 0.320 e. The summed E-state index contributed by atoms with van der Waals surface area (Å²) < 4.78 is 0. The molecule has 0 saturated heterocycles. The normalized spacial score (nSPS) is 10.5. The third-order valence-electron chi connectivity index (χ3n) is 3.81. The molecule has 0 atom stereocenters. The summed E-state index contributed by atoms with van der Waals surface area (Å²) in [6.45, 7) is 3.73. The van der Waals surface area contributed by atoms with E-state index < -0.39 is 6.03 Å². The number of carbonyl (C=O) groups is 1. The van der Waals surface area contributed by atoms with Gasteiger partial charge in [0.2, 0.25) is 0 Å². The van der Waals surface area contributed by atoms with Crippen LogP contribution in [-0.4, -0.2) is 11.0 Å². The summed E-state index contributed by atoms with van der Waals surface area (Å²) in [6.07, 6.45) is 0. The molecule has 5 heteroatoms. The molecule has 3 rings (SSSR count). The van der Waals surface area contributed by atoms with Crippen LogP contribution in [0.5, 0.6) is 0 Å². The van der Waals surface area contributed by atoms with E-state index in [1.807, 2.05) is 62.4 Å². The number of aromatic amines is 1. The molecule has 23 heavy (non-hydrogen) atoms. The standard InChI is InChI=1S/C18H17N3O2/c1-11-7-3-5-9-14(11)20-18(23)21-16-12(2)13-8-4-6-10-15(13)19-17(16)22/h3-10H,1-2H3,(H,19,22)(H2,20,21,23). The number of hydrogen-bond acceptors (Lipinski definition) is 2. The van der Waals surface area contributed by atoms with Crippen molar-refractivity contribution in [3.8, 4) is 0 Å². The highest BCUT2D eigenvalue weighted by atomic mass is 16.2. The summed E-state index contributed by atoms with van der Waals surface area (Å²) in [7, 11) is 0. The van der Waals surface area contributed by atoms with E-state index in [1.54, 1.807) is 0 Å². The summed E-state index contributed by atoms with van der Waals surface area (Å²) in [4.78, 5) is 27.2. The highest BCUT2D eigenvalue weighted by Gasteiger charge is 2.12. The molecule has 0 aliphatic rings. The first-order valence-electron chi connectivity index (χ1n) is 7.31. The van der Waals surface area contributed by atoms with E-state index >= 15 is 0 Å². The van der Waals surface area contributed by atoms with E-state index in [0.29, 0.717) is 5.69 Å². The van der Waals surface area contributed by atoms with Crippen molar-refractivity contribution in [2.24, 2.45) is 0 Å². The van der Waals surface area contributed by atoms with Gasteiger partial charge in [0.25, 0.3) is 5.56 Å². The van der Waals surface area contributed by atoms with E-state index in [4.69, 9.17) is 0 Å². The minimum Gasteiger partial charge on any atom is -0.320 e. The zero-order valence-electron chi connectivity index (χ0n) is 12.9. The van der Waals surface area contributed by atoms with E-state index in [-0.39, 0.29) is 11.2 Å². The summed E-state index contributed by atoms with van der Waals surface area (Å²) in [5.74, 6) is 0. The van der Waals surface area contributed by atoms with Crippen molar-refractivity contribution in [1.82, 2.24) is 4.98 Å². The van der Waals surface area contributed by atoms with Crippen molar-refractivity contribution < 1.29 is 4.79 Å². The Kier molecular flexibility index (Phi) is 3.85. The second-order valence-electron chi connectivity index (χ2n) is 5.39. The fraction of sp³-hybridized carbons (Fsp3) is 0.111. The molecule has 2 amide bonds. The number of nitrogens with one attached hydrogen (secondary N) is 3. The fourth-order valence-corrected chi connectivity index (χ4v) is 2.54. The third-order valence-corrected chi connectivity index (χ3v) is 3.81. The summed E-state index contributed by atoms with van der Waals surface area (Å²) >= 11 is 0. The van der Waals surface area contributed by atoms with Gasteiger partial charge in [-0.3, -0.25) is 4.79 Å². The van der Waals surface area contributed by atoms with Gasteiger partial charge in [-0.25, -0.2) is 4.79 Å². The second kappa shape index (κ2) is 5.96. The Bertz CT molecular complexity index is 944. The first-order chi connectivity index (χ1) is 11.1. The number of aryl methyl sites for hydroxylation is 2. The fourth-order valence-electron chi connectivity index (χ4n) is 2.54. The van der Waals surface area contributed by atoms with Crippen LogP contribution in [0.1, 0.15) is 11.1 Å². The number of rotatable bonds is 2. The topological polar surface area (TPSA) is 74.0 Å². The number of para-hydroxylation sites is 2. The van der Waals surface area contributed by atoms with Crippen LogP contribution in [0.15, 0.2) is 53.3 Å². The second-order valence-corrected chi connectivity index (χ2v) is 5.39. The van der Waals surface area contributed by atoms with Crippen LogP contribution in [0.4, 0.5) is 16.2 Å². The molecule has 0 bridgehead atoms. The third kappa shape index (κ3) is 2.94. The van der Waals surface area contributed by atoms with Gasteiger partial charge < -0.3 is 15.6 Å². The lowest BCUT2D eigenvalue weighted by atomic mass is 10.1. The quantitative estimate of drug-likeness (QED) is 0.674.